The van der Waals surface area contributed by atoms with E-state index in [9.17, 15) is 5.11 Å². The summed E-state index contributed by atoms with van der Waals surface area (Å²) in [6, 6.07) is 0. The monoisotopic (exact) mass is 240 g/mol. The van der Waals surface area contributed by atoms with E-state index in [1.165, 1.54) is 58.3 Å². The molecule has 0 saturated carbocycles. The van der Waals surface area contributed by atoms with Gasteiger partial charge in [0.05, 0.1) is 6.61 Å². The summed E-state index contributed by atoms with van der Waals surface area (Å²) in [6.45, 7) is 7.32. The quantitative estimate of drug-likeness (QED) is 0.766. The molecule has 2 unspecified atom stereocenters. The molecule has 0 aromatic heterocycles. The third kappa shape index (κ3) is 3.01. The molecule has 0 radical (unpaired) electrons. The van der Waals surface area contributed by atoms with Crippen molar-refractivity contribution in [3.05, 3.63) is 0 Å². The molecule has 2 rings (SSSR count). The van der Waals surface area contributed by atoms with Gasteiger partial charge in [-0.2, -0.15) is 0 Å². The topological polar surface area (TPSA) is 35.5 Å². The number of nitrogens with one attached hydrogen (secondary N) is 1. The lowest BCUT2D eigenvalue weighted by Gasteiger charge is -2.40. The van der Waals surface area contributed by atoms with E-state index in [0.29, 0.717) is 6.61 Å². The second-order valence-corrected chi connectivity index (χ2v) is 5.89. The van der Waals surface area contributed by atoms with Gasteiger partial charge in [0.25, 0.3) is 0 Å². The number of hydrogen-bond acceptors (Lipinski definition) is 3. The maximum atomic E-state index is 9.79. The van der Waals surface area contributed by atoms with Crippen molar-refractivity contribution in [2.24, 2.45) is 5.92 Å². The maximum absolute atomic E-state index is 9.79. The number of nitrogens with zero attached hydrogens (tertiary/aromatic N) is 1. The molecule has 0 bridgehead atoms. The highest BCUT2D eigenvalue weighted by atomic mass is 16.3. The van der Waals surface area contributed by atoms with Crippen LogP contribution in [-0.2, 0) is 0 Å². The van der Waals surface area contributed by atoms with Gasteiger partial charge >= 0.3 is 0 Å². The number of piperidine rings is 1. The van der Waals surface area contributed by atoms with E-state index in [1.807, 2.05) is 0 Å². The first kappa shape index (κ1) is 13.3. The largest absolute Gasteiger partial charge is 0.394 e. The zero-order valence-electron chi connectivity index (χ0n) is 11.2. The van der Waals surface area contributed by atoms with E-state index in [4.69, 9.17) is 0 Å². The Kier molecular flexibility index (Phi) is 4.83. The maximum Gasteiger partial charge on any atom is 0.0615 e. The molecule has 3 nitrogen and oxygen atoms in total. The smallest absolute Gasteiger partial charge is 0.0615 e. The van der Waals surface area contributed by atoms with Gasteiger partial charge in [-0.1, -0.05) is 13.3 Å². The fourth-order valence-corrected chi connectivity index (χ4v) is 3.68. The van der Waals surface area contributed by atoms with Crippen molar-refractivity contribution in [1.29, 1.82) is 0 Å². The third-order valence-corrected chi connectivity index (χ3v) is 4.63. The Morgan fingerprint density at radius 1 is 1.41 bits per heavy atom. The van der Waals surface area contributed by atoms with Crippen LogP contribution in [0, 0.1) is 5.92 Å². The van der Waals surface area contributed by atoms with Crippen LogP contribution in [0.4, 0.5) is 0 Å². The van der Waals surface area contributed by atoms with E-state index in [2.05, 4.69) is 17.1 Å². The predicted octanol–water partition coefficient (Wildman–Crippen LogP) is 1.61. The van der Waals surface area contributed by atoms with Crippen LogP contribution in [0.2, 0.25) is 0 Å². The molecule has 2 fully saturated rings. The van der Waals surface area contributed by atoms with Crippen molar-refractivity contribution in [1.82, 2.24) is 10.2 Å². The minimum atomic E-state index is 0.117. The minimum Gasteiger partial charge on any atom is -0.394 e. The lowest BCUT2D eigenvalue weighted by Crippen LogP contribution is -2.50. The van der Waals surface area contributed by atoms with E-state index in [-0.39, 0.29) is 5.54 Å². The first-order chi connectivity index (χ1) is 8.30. The highest BCUT2D eigenvalue weighted by Crippen LogP contribution is 2.34. The third-order valence-electron chi connectivity index (χ3n) is 4.63. The van der Waals surface area contributed by atoms with Crippen LogP contribution < -0.4 is 5.32 Å². The molecule has 100 valence electrons. The van der Waals surface area contributed by atoms with Crippen LogP contribution in [-0.4, -0.2) is 48.3 Å². The molecular formula is C14H28N2O. The number of aliphatic hydroxyl groups excluding tert-OH is 1. The van der Waals surface area contributed by atoms with Gasteiger partial charge < -0.3 is 10.4 Å². The van der Waals surface area contributed by atoms with Gasteiger partial charge in [-0.15, -0.1) is 0 Å². The first-order valence-electron chi connectivity index (χ1n) is 7.37. The number of hydrogen-bond donors (Lipinski definition) is 2. The van der Waals surface area contributed by atoms with Crippen LogP contribution >= 0.6 is 0 Å². The van der Waals surface area contributed by atoms with Gasteiger partial charge in [-0.25, -0.2) is 0 Å². The summed E-state index contributed by atoms with van der Waals surface area (Å²) in [4.78, 5) is 2.59. The summed E-state index contributed by atoms with van der Waals surface area (Å²) >= 11 is 0. The second-order valence-electron chi connectivity index (χ2n) is 5.89. The zero-order valence-corrected chi connectivity index (χ0v) is 11.2. The van der Waals surface area contributed by atoms with Gasteiger partial charge in [-0.3, -0.25) is 4.90 Å². The fraction of sp³-hybridized carbons (Fsp3) is 1.00. The number of likely N-dealkylation sites (tertiary alicyclic amines) is 1. The summed E-state index contributed by atoms with van der Waals surface area (Å²) in [5.74, 6) is 0.796. The molecule has 0 amide bonds. The van der Waals surface area contributed by atoms with Crippen molar-refractivity contribution in [3.63, 3.8) is 0 Å². The van der Waals surface area contributed by atoms with E-state index in [1.54, 1.807) is 0 Å². The molecule has 2 heterocycles. The molecule has 2 atom stereocenters. The summed E-state index contributed by atoms with van der Waals surface area (Å²) in [6.07, 6.45) is 7.47. The number of aliphatic hydroxyl groups is 1. The summed E-state index contributed by atoms with van der Waals surface area (Å²) in [7, 11) is 0. The Bertz CT molecular complexity index is 228. The molecule has 0 spiro atoms. The van der Waals surface area contributed by atoms with E-state index in [0.717, 1.165) is 12.3 Å². The van der Waals surface area contributed by atoms with Crippen LogP contribution in [0.1, 0.15) is 45.4 Å². The Hall–Kier alpha value is -0.120. The second kappa shape index (κ2) is 6.17. The molecule has 2 saturated heterocycles. The first-order valence-corrected chi connectivity index (χ1v) is 7.37. The molecule has 0 aromatic rings. The van der Waals surface area contributed by atoms with Crippen molar-refractivity contribution in [3.8, 4) is 0 Å². The van der Waals surface area contributed by atoms with Crippen LogP contribution in [0.3, 0.4) is 0 Å². The fourth-order valence-electron chi connectivity index (χ4n) is 3.68. The Balaban J connectivity index is 1.93. The summed E-state index contributed by atoms with van der Waals surface area (Å²) in [5.41, 5.74) is 0.117. The van der Waals surface area contributed by atoms with E-state index < -0.39 is 0 Å². The highest BCUT2D eigenvalue weighted by Gasteiger charge is 2.40. The molecular weight excluding hydrogens is 212 g/mol. The molecule has 0 aliphatic carbocycles. The van der Waals surface area contributed by atoms with Gasteiger partial charge in [0.15, 0.2) is 0 Å². The van der Waals surface area contributed by atoms with Crippen molar-refractivity contribution in [2.45, 2.75) is 51.0 Å². The van der Waals surface area contributed by atoms with Crippen molar-refractivity contribution >= 4 is 0 Å². The van der Waals surface area contributed by atoms with Crippen LogP contribution in [0.15, 0.2) is 0 Å². The minimum absolute atomic E-state index is 0.117. The summed E-state index contributed by atoms with van der Waals surface area (Å²) in [5, 5.41) is 13.3. The molecule has 3 heteroatoms. The van der Waals surface area contributed by atoms with Crippen LogP contribution in [0.25, 0.3) is 0 Å². The van der Waals surface area contributed by atoms with Gasteiger partial charge in [0.1, 0.15) is 0 Å². The predicted molar refractivity (Wildman–Crippen MR) is 71.1 cm³/mol. The van der Waals surface area contributed by atoms with Gasteiger partial charge in [0.2, 0.25) is 0 Å². The van der Waals surface area contributed by atoms with Crippen LogP contribution in [0.5, 0.6) is 0 Å². The Labute approximate surface area is 106 Å². The molecule has 2 aliphatic heterocycles. The molecule has 2 aliphatic rings. The Morgan fingerprint density at radius 3 is 2.94 bits per heavy atom. The summed E-state index contributed by atoms with van der Waals surface area (Å²) < 4.78 is 0. The molecule has 17 heavy (non-hydrogen) atoms. The normalized spacial score (nSPS) is 35.3. The van der Waals surface area contributed by atoms with Crippen molar-refractivity contribution in [2.75, 3.05) is 32.8 Å². The van der Waals surface area contributed by atoms with E-state index >= 15 is 0 Å². The van der Waals surface area contributed by atoms with Crippen molar-refractivity contribution < 1.29 is 5.11 Å². The SMILES string of the molecule is CCCC1(CO)CCCN1CC1CCCNC1. The lowest BCUT2D eigenvalue weighted by molar-refractivity contribution is 0.0416. The standard InChI is InChI=1S/C14H28N2O/c1-2-6-14(12-17)7-4-9-16(14)11-13-5-3-8-15-10-13/h13,15,17H,2-12H2,1H3. The number of rotatable bonds is 5. The van der Waals surface area contributed by atoms with Gasteiger partial charge in [-0.05, 0) is 57.7 Å². The highest BCUT2D eigenvalue weighted by molar-refractivity contribution is 4.96. The average Bonchev–Trinajstić information content (AvgIpc) is 2.75. The average molecular weight is 240 g/mol. The molecule has 2 N–H and O–H groups in total. The zero-order chi connectivity index (χ0) is 12.1. The molecule has 0 aromatic carbocycles. The lowest BCUT2D eigenvalue weighted by atomic mass is 9.90. The Morgan fingerprint density at radius 2 is 2.29 bits per heavy atom. The van der Waals surface area contributed by atoms with Gasteiger partial charge in [0, 0.05) is 12.1 Å².